The lowest BCUT2D eigenvalue weighted by Crippen LogP contribution is -2.48. The number of halogens is 1. The topological polar surface area (TPSA) is 62.1 Å². The number of benzene rings is 1. The maximum atomic E-state index is 11.8. The van der Waals surface area contributed by atoms with Crippen molar-refractivity contribution in [3.8, 4) is 11.8 Å². The van der Waals surface area contributed by atoms with Crippen molar-refractivity contribution in [1.29, 1.82) is 5.26 Å². The quantitative estimate of drug-likeness (QED) is 0.871. The molecule has 0 radical (unpaired) electrons. The molecule has 1 aromatic rings. The Morgan fingerprint density at radius 3 is 2.68 bits per heavy atom. The van der Waals surface area contributed by atoms with Gasteiger partial charge < -0.3 is 10.1 Å². The number of amides is 1. The minimum Gasteiger partial charge on any atom is -0.484 e. The van der Waals surface area contributed by atoms with Crippen LogP contribution in [0.4, 0.5) is 0 Å². The molecule has 0 aliphatic heterocycles. The number of ether oxygens (including phenoxy) is 1. The largest absolute Gasteiger partial charge is 0.484 e. The van der Waals surface area contributed by atoms with Gasteiger partial charge in [-0.3, -0.25) is 4.79 Å². The molecule has 1 amide bonds. The van der Waals surface area contributed by atoms with Crippen molar-refractivity contribution in [1.82, 2.24) is 5.32 Å². The number of rotatable bonds is 6. The first-order valence-electron chi connectivity index (χ1n) is 6.16. The van der Waals surface area contributed by atoms with Gasteiger partial charge in [0.25, 0.3) is 5.91 Å². The van der Waals surface area contributed by atoms with Gasteiger partial charge in [0.2, 0.25) is 0 Å². The molecule has 1 rings (SSSR count). The summed E-state index contributed by atoms with van der Waals surface area (Å²) < 4.78 is 5.32. The van der Waals surface area contributed by atoms with Gasteiger partial charge >= 0.3 is 0 Å². The predicted molar refractivity (Wildman–Crippen MR) is 74.0 cm³/mol. The van der Waals surface area contributed by atoms with Crippen LogP contribution in [0.1, 0.15) is 26.7 Å². The third kappa shape index (κ3) is 4.46. The van der Waals surface area contributed by atoms with Crippen LogP contribution in [-0.4, -0.2) is 18.1 Å². The molecule has 0 aliphatic carbocycles. The molecule has 19 heavy (non-hydrogen) atoms. The van der Waals surface area contributed by atoms with E-state index in [0.717, 1.165) is 0 Å². The molecule has 0 unspecified atom stereocenters. The van der Waals surface area contributed by atoms with Crippen LogP contribution in [0.25, 0.3) is 0 Å². The Labute approximate surface area is 118 Å². The first-order chi connectivity index (χ1) is 9.05. The van der Waals surface area contributed by atoms with E-state index in [0.29, 0.717) is 23.6 Å². The van der Waals surface area contributed by atoms with Crippen molar-refractivity contribution >= 4 is 17.5 Å². The molecule has 5 heteroatoms. The van der Waals surface area contributed by atoms with Gasteiger partial charge in [-0.2, -0.15) is 5.26 Å². The standard InChI is InChI=1S/C14H17ClN2O2/c1-3-14(4-2,10-16)17-13(18)9-19-12-7-5-6-11(15)8-12/h5-8H,3-4,9H2,1-2H3,(H,17,18). The van der Waals surface area contributed by atoms with Gasteiger partial charge in [-0.05, 0) is 31.0 Å². The van der Waals surface area contributed by atoms with Crippen LogP contribution in [0.5, 0.6) is 5.75 Å². The van der Waals surface area contributed by atoms with E-state index >= 15 is 0 Å². The summed E-state index contributed by atoms with van der Waals surface area (Å²) in [6.45, 7) is 3.60. The minimum absolute atomic E-state index is 0.135. The van der Waals surface area contributed by atoms with Gasteiger partial charge in [-0.1, -0.05) is 31.5 Å². The van der Waals surface area contributed by atoms with E-state index in [2.05, 4.69) is 11.4 Å². The highest BCUT2D eigenvalue weighted by Gasteiger charge is 2.27. The Kier molecular flexibility index (Phi) is 5.65. The fourth-order valence-corrected chi connectivity index (χ4v) is 1.80. The summed E-state index contributed by atoms with van der Waals surface area (Å²) in [6.07, 6.45) is 1.12. The van der Waals surface area contributed by atoms with Gasteiger partial charge in [0.1, 0.15) is 11.3 Å². The summed E-state index contributed by atoms with van der Waals surface area (Å²) in [5, 5.41) is 12.4. The van der Waals surface area contributed by atoms with Crippen LogP contribution in [0.15, 0.2) is 24.3 Å². The predicted octanol–water partition coefficient (Wildman–Crippen LogP) is 2.92. The Morgan fingerprint density at radius 2 is 2.16 bits per heavy atom. The molecule has 0 heterocycles. The smallest absolute Gasteiger partial charge is 0.259 e. The molecule has 0 bridgehead atoms. The van der Waals surface area contributed by atoms with Crippen LogP contribution in [0.3, 0.4) is 0 Å². The Hall–Kier alpha value is -1.73. The van der Waals surface area contributed by atoms with E-state index in [1.54, 1.807) is 24.3 Å². The van der Waals surface area contributed by atoms with E-state index in [9.17, 15) is 4.79 Å². The molecule has 102 valence electrons. The SMILES string of the molecule is CCC(C#N)(CC)NC(=O)COc1cccc(Cl)c1. The molecule has 0 spiro atoms. The molecule has 0 saturated heterocycles. The summed E-state index contributed by atoms with van der Waals surface area (Å²) in [7, 11) is 0. The van der Waals surface area contributed by atoms with Gasteiger partial charge in [0.15, 0.2) is 6.61 Å². The normalized spacial score (nSPS) is 10.6. The second-order valence-corrected chi connectivity index (χ2v) is 4.63. The second kappa shape index (κ2) is 7.01. The molecule has 0 fully saturated rings. The number of carbonyl (C=O) groups excluding carboxylic acids is 1. The van der Waals surface area contributed by atoms with Gasteiger partial charge in [0, 0.05) is 5.02 Å². The van der Waals surface area contributed by atoms with E-state index < -0.39 is 5.54 Å². The van der Waals surface area contributed by atoms with Crippen molar-refractivity contribution < 1.29 is 9.53 Å². The third-order valence-electron chi connectivity index (χ3n) is 2.97. The summed E-state index contributed by atoms with van der Waals surface area (Å²) in [5.41, 5.74) is -0.811. The van der Waals surface area contributed by atoms with E-state index in [-0.39, 0.29) is 12.5 Å². The number of nitrogens with one attached hydrogen (secondary N) is 1. The van der Waals surface area contributed by atoms with Crippen molar-refractivity contribution in [2.75, 3.05) is 6.61 Å². The average Bonchev–Trinajstić information content (AvgIpc) is 2.43. The van der Waals surface area contributed by atoms with Crippen LogP contribution in [0.2, 0.25) is 5.02 Å². The zero-order valence-electron chi connectivity index (χ0n) is 11.1. The molecule has 0 aromatic heterocycles. The van der Waals surface area contributed by atoms with Crippen molar-refractivity contribution in [3.05, 3.63) is 29.3 Å². The van der Waals surface area contributed by atoms with Crippen molar-refractivity contribution in [2.45, 2.75) is 32.2 Å². The highest BCUT2D eigenvalue weighted by Crippen LogP contribution is 2.17. The molecule has 4 nitrogen and oxygen atoms in total. The molecule has 0 saturated carbocycles. The van der Waals surface area contributed by atoms with Crippen LogP contribution in [-0.2, 0) is 4.79 Å². The molecule has 0 aliphatic rings. The van der Waals surface area contributed by atoms with E-state index in [4.69, 9.17) is 21.6 Å². The molecular formula is C14H17ClN2O2. The number of carbonyl (C=O) groups is 1. The third-order valence-corrected chi connectivity index (χ3v) is 3.20. The number of nitrogens with zero attached hydrogens (tertiary/aromatic N) is 1. The highest BCUT2D eigenvalue weighted by molar-refractivity contribution is 6.30. The van der Waals surface area contributed by atoms with Gasteiger partial charge in [0.05, 0.1) is 6.07 Å². The summed E-state index contributed by atoms with van der Waals surface area (Å²) >= 11 is 5.81. The maximum absolute atomic E-state index is 11.8. The lowest BCUT2D eigenvalue weighted by Gasteiger charge is -2.24. The Balaban J connectivity index is 2.55. The highest BCUT2D eigenvalue weighted by atomic mass is 35.5. The second-order valence-electron chi connectivity index (χ2n) is 4.20. The zero-order chi connectivity index (χ0) is 14.3. The lowest BCUT2D eigenvalue weighted by molar-refractivity contribution is -0.124. The maximum Gasteiger partial charge on any atom is 0.259 e. The zero-order valence-corrected chi connectivity index (χ0v) is 11.8. The Morgan fingerprint density at radius 1 is 1.47 bits per heavy atom. The summed E-state index contributed by atoms with van der Waals surface area (Å²) in [4.78, 5) is 11.8. The minimum atomic E-state index is -0.811. The van der Waals surface area contributed by atoms with E-state index in [1.165, 1.54) is 0 Å². The van der Waals surface area contributed by atoms with Crippen LogP contribution >= 0.6 is 11.6 Å². The fraction of sp³-hybridized carbons (Fsp3) is 0.429. The average molecular weight is 281 g/mol. The summed E-state index contributed by atoms with van der Waals surface area (Å²) in [6, 6.07) is 8.96. The first kappa shape index (κ1) is 15.3. The monoisotopic (exact) mass is 280 g/mol. The summed E-state index contributed by atoms with van der Waals surface area (Å²) in [5.74, 6) is 0.212. The van der Waals surface area contributed by atoms with E-state index in [1.807, 2.05) is 13.8 Å². The first-order valence-corrected chi connectivity index (χ1v) is 6.53. The van der Waals surface area contributed by atoms with Crippen molar-refractivity contribution in [3.63, 3.8) is 0 Å². The molecule has 1 aromatic carbocycles. The van der Waals surface area contributed by atoms with Gasteiger partial charge in [-0.25, -0.2) is 0 Å². The Bertz CT molecular complexity index is 479. The number of nitriles is 1. The molecule has 1 N–H and O–H groups in total. The molecule has 0 atom stereocenters. The molecular weight excluding hydrogens is 264 g/mol. The lowest BCUT2D eigenvalue weighted by atomic mass is 9.95. The number of hydrogen-bond acceptors (Lipinski definition) is 3. The van der Waals surface area contributed by atoms with Crippen molar-refractivity contribution in [2.24, 2.45) is 0 Å². The van der Waals surface area contributed by atoms with Crippen LogP contribution in [0, 0.1) is 11.3 Å². The fourth-order valence-electron chi connectivity index (χ4n) is 1.62. The number of hydrogen-bond donors (Lipinski definition) is 1. The van der Waals surface area contributed by atoms with Gasteiger partial charge in [-0.15, -0.1) is 0 Å². The van der Waals surface area contributed by atoms with Crippen LogP contribution < -0.4 is 10.1 Å².